The van der Waals surface area contributed by atoms with Crippen molar-refractivity contribution in [1.82, 2.24) is 14.8 Å². The van der Waals surface area contributed by atoms with Gasteiger partial charge in [-0.1, -0.05) is 40.9 Å². The van der Waals surface area contributed by atoms with Crippen LogP contribution in [0.3, 0.4) is 0 Å². The van der Waals surface area contributed by atoms with Crippen LogP contribution < -0.4 is 4.74 Å². The smallest absolute Gasteiger partial charge is 0.186 e. The molecule has 1 heterocycles. The third kappa shape index (κ3) is 3.45. The lowest BCUT2D eigenvalue weighted by Crippen LogP contribution is -1.99. The van der Waals surface area contributed by atoms with Crippen LogP contribution in [0.15, 0.2) is 30.3 Å². The van der Waals surface area contributed by atoms with Gasteiger partial charge in [-0.25, -0.2) is 14.1 Å². The molecule has 0 fully saturated rings. The molecule has 0 atom stereocenters. The van der Waals surface area contributed by atoms with Gasteiger partial charge in [0.1, 0.15) is 11.6 Å². The predicted octanol–water partition coefficient (Wildman–Crippen LogP) is 5.65. The summed E-state index contributed by atoms with van der Waals surface area (Å²) in [7, 11) is 1.69. The molecule has 0 radical (unpaired) electrons. The third-order valence-electron chi connectivity index (χ3n) is 3.51. The Labute approximate surface area is 159 Å². The number of nitrogens with zero attached hydrogens (tertiary/aromatic N) is 3. The summed E-state index contributed by atoms with van der Waals surface area (Å²) in [5.74, 6) is 0.646. The lowest BCUT2D eigenvalue weighted by Gasteiger charge is -2.11. The molecule has 0 saturated carbocycles. The summed E-state index contributed by atoms with van der Waals surface area (Å²) in [4.78, 5) is 4.43. The molecule has 25 heavy (non-hydrogen) atoms. The van der Waals surface area contributed by atoms with Crippen LogP contribution in [-0.2, 0) is 7.05 Å². The monoisotopic (exact) mass is 399 g/mol. The minimum Gasteiger partial charge on any atom is -0.493 e. The number of hydrogen-bond acceptors (Lipinski definition) is 3. The SMILES string of the molecule is CCOc1cc(Cl)c(Cl)cc1-c1nc(-c2c(F)cccc2Cl)nn1C. The molecule has 0 unspecified atom stereocenters. The van der Waals surface area contributed by atoms with E-state index in [4.69, 9.17) is 39.5 Å². The van der Waals surface area contributed by atoms with E-state index in [1.54, 1.807) is 25.2 Å². The minimum absolute atomic E-state index is 0.143. The molecular weight excluding hydrogens is 388 g/mol. The molecule has 0 bridgehead atoms. The highest BCUT2D eigenvalue weighted by Crippen LogP contribution is 2.37. The first-order valence-electron chi connectivity index (χ1n) is 7.40. The van der Waals surface area contributed by atoms with Crippen LogP contribution in [0.5, 0.6) is 5.75 Å². The Kier molecular flexibility index (Phi) is 5.18. The summed E-state index contributed by atoms with van der Waals surface area (Å²) in [6.07, 6.45) is 0. The van der Waals surface area contributed by atoms with E-state index in [0.29, 0.717) is 33.8 Å². The highest BCUT2D eigenvalue weighted by Gasteiger charge is 2.20. The Bertz CT molecular complexity index is 923. The Hall–Kier alpha value is -1.82. The van der Waals surface area contributed by atoms with Crippen molar-refractivity contribution < 1.29 is 9.13 Å². The second kappa shape index (κ2) is 7.20. The molecule has 4 nitrogen and oxygen atoms in total. The zero-order valence-electron chi connectivity index (χ0n) is 13.4. The fourth-order valence-corrected chi connectivity index (χ4v) is 2.98. The van der Waals surface area contributed by atoms with E-state index in [0.717, 1.165) is 0 Å². The van der Waals surface area contributed by atoms with Gasteiger partial charge in [0, 0.05) is 13.1 Å². The maximum Gasteiger partial charge on any atom is 0.186 e. The van der Waals surface area contributed by atoms with Crippen LogP contribution in [0.4, 0.5) is 4.39 Å². The zero-order chi connectivity index (χ0) is 18.1. The summed E-state index contributed by atoms with van der Waals surface area (Å²) in [6.45, 7) is 2.29. The standard InChI is InChI=1S/C17H13Cl3FN3O/c1-3-25-14-8-12(20)11(19)7-9(14)17-22-16(23-24(17)2)15-10(18)5-4-6-13(15)21/h4-8H,3H2,1-2H3. The number of halogens is 4. The molecule has 3 rings (SSSR count). The number of rotatable bonds is 4. The number of ether oxygens (including phenoxy) is 1. The molecule has 0 saturated heterocycles. The Morgan fingerprint density at radius 1 is 1.12 bits per heavy atom. The van der Waals surface area contributed by atoms with Gasteiger partial charge in [0.25, 0.3) is 0 Å². The highest BCUT2D eigenvalue weighted by molar-refractivity contribution is 6.42. The first-order valence-corrected chi connectivity index (χ1v) is 8.53. The average Bonchev–Trinajstić information content (AvgIpc) is 2.92. The Morgan fingerprint density at radius 2 is 1.84 bits per heavy atom. The number of aryl methyl sites for hydroxylation is 1. The fraction of sp³-hybridized carbons (Fsp3) is 0.176. The molecule has 0 spiro atoms. The first-order chi connectivity index (χ1) is 11.9. The van der Waals surface area contributed by atoms with E-state index in [9.17, 15) is 4.39 Å². The first kappa shape index (κ1) is 18.0. The zero-order valence-corrected chi connectivity index (χ0v) is 15.6. The summed E-state index contributed by atoms with van der Waals surface area (Å²) in [5.41, 5.74) is 0.744. The van der Waals surface area contributed by atoms with Crippen LogP contribution in [0.2, 0.25) is 15.1 Å². The van der Waals surface area contributed by atoms with E-state index in [2.05, 4.69) is 10.1 Å². The summed E-state index contributed by atoms with van der Waals surface area (Å²) >= 11 is 18.3. The van der Waals surface area contributed by atoms with Crippen molar-refractivity contribution in [3.05, 3.63) is 51.2 Å². The van der Waals surface area contributed by atoms with Crippen molar-refractivity contribution in [3.63, 3.8) is 0 Å². The van der Waals surface area contributed by atoms with Gasteiger partial charge in [0.2, 0.25) is 0 Å². The molecule has 0 amide bonds. The van der Waals surface area contributed by atoms with Crippen molar-refractivity contribution in [1.29, 1.82) is 0 Å². The lowest BCUT2D eigenvalue weighted by atomic mass is 10.1. The predicted molar refractivity (Wildman–Crippen MR) is 98.0 cm³/mol. The molecule has 0 N–H and O–H groups in total. The number of hydrogen-bond donors (Lipinski definition) is 0. The van der Waals surface area contributed by atoms with Crippen molar-refractivity contribution in [3.8, 4) is 28.5 Å². The van der Waals surface area contributed by atoms with Gasteiger partial charge in [-0.15, -0.1) is 0 Å². The topological polar surface area (TPSA) is 39.9 Å². The summed E-state index contributed by atoms with van der Waals surface area (Å²) in [5, 5.41) is 5.24. The van der Waals surface area contributed by atoms with Crippen molar-refractivity contribution in [2.24, 2.45) is 7.05 Å². The maximum absolute atomic E-state index is 14.2. The molecule has 2 aromatic carbocycles. The van der Waals surface area contributed by atoms with Gasteiger partial charge in [-0.05, 0) is 25.1 Å². The molecule has 0 aliphatic heterocycles. The normalized spacial score (nSPS) is 11.0. The highest BCUT2D eigenvalue weighted by atomic mass is 35.5. The van der Waals surface area contributed by atoms with Crippen LogP contribution in [0.25, 0.3) is 22.8 Å². The second-order valence-electron chi connectivity index (χ2n) is 5.17. The quantitative estimate of drug-likeness (QED) is 0.568. The number of benzene rings is 2. The van der Waals surface area contributed by atoms with Gasteiger partial charge in [0.15, 0.2) is 11.6 Å². The molecule has 8 heteroatoms. The maximum atomic E-state index is 14.2. The molecule has 130 valence electrons. The molecule has 3 aromatic rings. The lowest BCUT2D eigenvalue weighted by molar-refractivity contribution is 0.341. The van der Waals surface area contributed by atoms with Gasteiger partial charge in [0.05, 0.1) is 32.8 Å². The molecular formula is C17H13Cl3FN3O. The van der Waals surface area contributed by atoms with Gasteiger partial charge in [-0.3, -0.25) is 0 Å². The molecule has 0 aliphatic rings. The van der Waals surface area contributed by atoms with Crippen molar-refractivity contribution in [2.45, 2.75) is 6.92 Å². The molecule has 1 aromatic heterocycles. The Balaban J connectivity index is 2.18. The van der Waals surface area contributed by atoms with Crippen molar-refractivity contribution >= 4 is 34.8 Å². The second-order valence-corrected chi connectivity index (χ2v) is 6.40. The van der Waals surface area contributed by atoms with E-state index < -0.39 is 5.82 Å². The van der Waals surface area contributed by atoms with Crippen LogP contribution in [0.1, 0.15) is 6.92 Å². The van der Waals surface area contributed by atoms with Gasteiger partial charge in [-0.2, -0.15) is 5.10 Å². The van der Waals surface area contributed by atoms with E-state index in [-0.39, 0.29) is 16.4 Å². The van der Waals surface area contributed by atoms with Crippen LogP contribution in [-0.4, -0.2) is 21.4 Å². The van der Waals surface area contributed by atoms with Crippen LogP contribution >= 0.6 is 34.8 Å². The fourth-order valence-electron chi connectivity index (χ4n) is 2.41. The largest absolute Gasteiger partial charge is 0.493 e. The van der Waals surface area contributed by atoms with Crippen molar-refractivity contribution in [2.75, 3.05) is 6.61 Å². The average molecular weight is 401 g/mol. The van der Waals surface area contributed by atoms with Gasteiger partial charge >= 0.3 is 0 Å². The van der Waals surface area contributed by atoms with Crippen LogP contribution in [0, 0.1) is 5.82 Å². The minimum atomic E-state index is -0.496. The molecule has 0 aliphatic carbocycles. The van der Waals surface area contributed by atoms with E-state index in [1.807, 2.05) is 6.92 Å². The Morgan fingerprint density at radius 3 is 2.52 bits per heavy atom. The summed E-state index contributed by atoms with van der Waals surface area (Å²) in [6, 6.07) is 7.68. The van der Waals surface area contributed by atoms with E-state index >= 15 is 0 Å². The third-order valence-corrected chi connectivity index (χ3v) is 4.55. The van der Waals surface area contributed by atoms with Gasteiger partial charge < -0.3 is 4.74 Å². The number of aromatic nitrogens is 3. The van der Waals surface area contributed by atoms with E-state index in [1.165, 1.54) is 16.8 Å². The summed E-state index contributed by atoms with van der Waals surface area (Å²) < 4.78 is 21.3.